The predicted molar refractivity (Wildman–Crippen MR) is 97.9 cm³/mol. The predicted octanol–water partition coefficient (Wildman–Crippen LogP) is 3.38. The van der Waals surface area contributed by atoms with E-state index in [4.69, 9.17) is 0 Å². The lowest BCUT2D eigenvalue weighted by Gasteiger charge is -2.39. The van der Waals surface area contributed by atoms with Crippen LogP contribution in [0.4, 0.5) is 4.39 Å². The van der Waals surface area contributed by atoms with Crippen molar-refractivity contribution >= 4 is 11.8 Å². The van der Waals surface area contributed by atoms with Crippen LogP contribution in [0, 0.1) is 11.2 Å². The number of nitrogens with one attached hydrogen (secondary N) is 1. The van der Waals surface area contributed by atoms with Crippen LogP contribution in [0.1, 0.15) is 35.7 Å². The maximum atomic E-state index is 13.3. The third-order valence-corrected chi connectivity index (χ3v) is 4.89. The average molecular weight is 354 g/mol. The van der Waals surface area contributed by atoms with Gasteiger partial charge in [-0.1, -0.05) is 30.3 Å². The lowest BCUT2D eigenvalue weighted by Crippen LogP contribution is -2.51. The van der Waals surface area contributed by atoms with Gasteiger partial charge in [-0.25, -0.2) is 4.39 Å². The van der Waals surface area contributed by atoms with Crippen molar-refractivity contribution in [2.24, 2.45) is 5.41 Å². The van der Waals surface area contributed by atoms with Crippen LogP contribution in [-0.2, 0) is 11.3 Å². The monoisotopic (exact) mass is 354 g/mol. The summed E-state index contributed by atoms with van der Waals surface area (Å²) in [5.74, 6) is -0.470. The van der Waals surface area contributed by atoms with Gasteiger partial charge in [0.15, 0.2) is 0 Å². The molecule has 2 aromatic rings. The third kappa shape index (κ3) is 4.10. The third-order valence-electron chi connectivity index (χ3n) is 4.89. The molecule has 1 aliphatic heterocycles. The van der Waals surface area contributed by atoms with E-state index in [1.807, 2.05) is 25.1 Å². The van der Waals surface area contributed by atoms with Gasteiger partial charge in [-0.3, -0.25) is 9.59 Å². The van der Waals surface area contributed by atoms with E-state index in [0.717, 1.165) is 18.4 Å². The van der Waals surface area contributed by atoms with E-state index in [9.17, 15) is 14.0 Å². The molecule has 3 rings (SSSR count). The summed E-state index contributed by atoms with van der Waals surface area (Å²) < 4.78 is 13.3. The van der Waals surface area contributed by atoms with Crippen LogP contribution in [0.25, 0.3) is 0 Å². The number of carbonyl (C=O) groups is 2. The van der Waals surface area contributed by atoms with Gasteiger partial charge in [0.1, 0.15) is 5.82 Å². The van der Waals surface area contributed by atoms with Gasteiger partial charge in [-0.05, 0) is 49.6 Å². The summed E-state index contributed by atoms with van der Waals surface area (Å²) in [6.07, 6.45) is 1.50. The standard InChI is InChI=1S/C21H23FN2O2/c1-21(20(26)23-14-16-7-5-10-18(22)13-16)11-6-12-24(15-21)19(25)17-8-3-2-4-9-17/h2-5,7-10,13H,6,11-12,14-15H2,1H3,(H,23,26)/t21-/m1/s1. The number of benzene rings is 2. The summed E-state index contributed by atoms with van der Waals surface area (Å²) in [6.45, 7) is 3.20. The molecule has 1 heterocycles. The van der Waals surface area contributed by atoms with Gasteiger partial charge in [0.25, 0.3) is 5.91 Å². The molecule has 1 atom stereocenters. The Balaban J connectivity index is 1.64. The molecule has 1 N–H and O–H groups in total. The highest BCUT2D eigenvalue weighted by Gasteiger charge is 2.39. The summed E-state index contributed by atoms with van der Waals surface area (Å²) in [7, 11) is 0. The SMILES string of the molecule is C[C@@]1(C(=O)NCc2cccc(F)c2)CCCN(C(=O)c2ccccc2)C1. The highest BCUT2D eigenvalue weighted by atomic mass is 19.1. The van der Waals surface area contributed by atoms with Crippen molar-refractivity contribution in [2.75, 3.05) is 13.1 Å². The maximum Gasteiger partial charge on any atom is 0.253 e. The molecule has 0 aliphatic carbocycles. The lowest BCUT2D eigenvalue weighted by atomic mass is 9.80. The van der Waals surface area contributed by atoms with Gasteiger partial charge in [0.05, 0.1) is 5.41 Å². The molecule has 136 valence electrons. The number of carbonyl (C=O) groups excluding carboxylic acids is 2. The number of hydrogen-bond donors (Lipinski definition) is 1. The second kappa shape index (κ2) is 7.68. The Morgan fingerprint density at radius 3 is 2.65 bits per heavy atom. The van der Waals surface area contributed by atoms with Gasteiger partial charge in [0.2, 0.25) is 5.91 Å². The summed E-state index contributed by atoms with van der Waals surface area (Å²) in [4.78, 5) is 27.2. The zero-order valence-electron chi connectivity index (χ0n) is 14.9. The first-order valence-corrected chi connectivity index (χ1v) is 8.85. The van der Waals surface area contributed by atoms with Gasteiger partial charge >= 0.3 is 0 Å². The van der Waals surface area contributed by atoms with E-state index < -0.39 is 5.41 Å². The van der Waals surface area contributed by atoms with Crippen LogP contribution in [0.15, 0.2) is 54.6 Å². The Bertz CT molecular complexity index is 794. The lowest BCUT2D eigenvalue weighted by molar-refractivity contribution is -0.132. The van der Waals surface area contributed by atoms with Crippen molar-refractivity contribution < 1.29 is 14.0 Å². The Morgan fingerprint density at radius 2 is 1.92 bits per heavy atom. The Hall–Kier alpha value is -2.69. The summed E-state index contributed by atoms with van der Waals surface area (Å²) in [5.41, 5.74) is 0.711. The zero-order chi connectivity index (χ0) is 18.6. The van der Waals surface area contributed by atoms with Gasteiger partial charge in [-0.15, -0.1) is 0 Å². The average Bonchev–Trinajstić information content (AvgIpc) is 2.66. The van der Waals surface area contributed by atoms with E-state index >= 15 is 0 Å². The van der Waals surface area contributed by atoms with E-state index in [2.05, 4.69) is 5.32 Å². The topological polar surface area (TPSA) is 49.4 Å². The largest absolute Gasteiger partial charge is 0.351 e. The number of likely N-dealkylation sites (tertiary alicyclic amines) is 1. The number of nitrogens with zero attached hydrogens (tertiary/aromatic N) is 1. The number of rotatable bonds is 4. The number of hydrogen-bond acceptors (Lipinski definition) is 2. The van der Waals surface area contributed by atoms with Crippen molar-refractivity contribution in [2.45, 2.75) is 26.3 Å². The first-order chi connectivity index (χ1) is 12.5. The van der Waals surface area contributed by atoms with Crippen LogP contribution in [0.3, 0.4) is 0 Å². The summed E-state index contributed by atoms with van der Waals surface area (Å²) in [6, 6.07) is 15.3. The second-order valence-corrected chi connectivity index (χ2v) is 7.07. The minimum absolute atomic E-state index is 0.0468. The zero-order valence-corrected chi connectivity index (χ0v) is 14.9. The van der Waals surface area contributed by atoms with Crippen molar-refractivity contribution in [3.63, 3.8) is 0 Å². The van der Waals surface area contributed by atoms with E-state index in [1.54, 1.807) is 29.2 Å². The fraction of sp³-hybridized carbons (Fsp3) is 0.333. The molecule has 5 heteroatoms. The van der Waals surface area contributed by atoms with Gasteiger partial charge in [-0.2, -0.15) is 0 Å². The molecule has 4 nitrogen and oxygen atoms in total. The molecule has 2 amide bonds. The Morgan fingerprint density at radius 1 is 1.15 bits per heavy atom. The number of halogens is 1. The second-order valence-electron chi connectivity index (χ2n) is 7.07. The van der Waals surface area contributed by atoms with Crippen LogP contribution >= 0.6 is 0 Å². The molecule has 1 saturated heterocycles. The fourth-order valence-corrected chi connectivity index (χ4v) is 3.40. The van der Waals surface area contributed by atoms with Crippen molar-refractivity contribution in [3.8, 4) is 0 Å². The van der Waals surface area contributed by atoms with E-state index in [-0.39, 0.29) is 24.2 Å². The van der Waals surface area contributed by atoms with Gasteiger partial charge in [0, 0.05) is 25.2 Å². The molecule has 1 fully saturated rings. The summed E-state index contributed by atoms with van der Waals surface area (Å²) >= 11 is 0. The van der Waals surface area contributed by atoms with Crippen molar-refractivity contribution in [1.82, 2.24) is 10.2 Å². The van der Waals surface area contributed by atoms with Crippen LogP contribution in [0.2, 0.25) is 0 Å². The van der Waals surface area contributed by atoms with E-state index in [1.165, 1.54) is 12.1 Å². The Kier molecular flexibility index (Phi) is 5.35. The fourth-order valence-electron chi connectivity index (χ4n) is 3.40. The first kappa shape index (κ1) is 18.1. The molecule has 26 heavy (non-hydrogen) atoms. The molecular weight excluding hydrogens is 331 g/mol. The Labute approximate surface area is 153 Å². The quantitative estimate of drug-likeness (QED) is 0.915. The molecule has 0 saturated carbocycles. The molecule has 0 unspecified atom stereocenters. The molecule has 0 radical (unpaired) electrons. The van der Waals surface area contributed by atoms with E-state index in [0.29, 0.717) is 18.7 Å². The minimum atomic E-state index is -0.643. The molecule has 0 bridgehead atoms. The normalized spacial score (nSPS) is 19.8. The molecule has 2 aromatic carbocycles. The van der Waals surface area contributed by atoms with Crippen LogP contribution < -0.4 is 5.32 Å². The molecule has 0 aromatic heterocycles. The van der Waals surface area contributed by atoms with Crippen molar-refractivity contribution in [1.29, 1.82) is 0 Å². The number of amides is 2. The molecule has 1 aliphatic rings. The number of piperidine rings is 1. The van der Waals surface area contributed by atoms with Crippen molar-refractivity contribution in [3.05, 3.63) is 71.5 Å². The highest BCUT2D eigenvalue weighted by molar-refractivity contribution is 5.95. The maximum absolute atomic E-state index is 13.3. The molecular formula is C21H23FN2O2. The van der Waals surface area contributed by atoms with Crippen LogP contribution in [-0.4, -0.2) is 29.8 Å². The highest BCUT2D eigenvalue weighted by Crippen LogP contribution is 2.30. The van der Waals surface area contributed by atoms with Gasteiger partial charge < -0.3 is 10.2 Å². The van der Waals surface area contributed by atoms with Crippen LogP contribution in [0.5, 0.6) is 0 Å². The minimum Gasteiger partial charge on any atom is -0.351 e. The first-order valence-electron chi connectivity index (χ1n) is 8.85. The summed E-state index contributed by atoms with van der Waals surface area (Å²) in [5, 5.41) is 2.89. The molecule has 0 spiro atoms. The smallest absolute Gasteiger partial charge is 0.253 e.